The molecule has 136 valence electrons. The second kappa shape index (κ2) is 8.50. The monoisotopic (exact) mass is 363 g/mol. The number of aromatic nitrogens is 1. The number of rotatable bonds is 4. The van der Waals surface area contributed by atoms with E-state index in [9.17, 15) is 4.79 Å². The van der Waals surface area contributed by atoms with Crippen LogP contribution in [0.15, 0.2) is 24.4 Å². The van der Waals surface area contributed by atoms with Crippen molar-refractivity contribution in [2.24, 2.45) is 0 Å². The van der Waals surface area contributed by atoms with Gasteiger partial charge < -0.3 is 14.5 Å². The van der Waals surface area contributed by atoms with Crippen LogP contribution in [0.2, 0.25) is 0 Å². The molecule has 1 aliphatic rings. The average molecular weight is 364 g/mol. The summed E-state index contributed by atoms with van der Waals surface area (Å²) >= 11 is 0. The van der Waals surface area contributed by atoms with Crippen LogP contribution in [0, 0.1) is 0 Å². The zero-order chi connectivity index (χ0) is 17.1. The van der Waals surface area contributed by atoms with Crippen LogP contribution in [-0.4, -0.2) is 55.7 Å². The summed E-state index contributed by atoms with van der Waals surface area (Å²) in [7, 11) is 2.13. The van der Waals surface area contributed by atoms with Crippen molar-refractivity contribution in [2.75, 3.05) is 44.7 Å². The number of anilines is 1. The van der Waals surface area contributed by atoms with Crippen molar-refractivity contribution in [3.05, 3.63) is 35.5 Å². The summed E-state index contributed by atoms with van der Waals surface area (Å²) in [4.78, 5) is 21.7. The summed E-state index contributed by atoms with van der Waals surface area (Å²) in [5.41, 5.74) is 3.74. The molecule has 1 aliphatic heterocycles. The van der Waals surface area contributed by atoms with Crippen LogP contribution in [0.3, 0.4) is 0 Å². The SMILES string of the molecule is CCOC(=O)c1cnc2c(CC)cccc2c1N1CCN(C)CC1.Cl. The first-order valence-electron chi connectivity index (χ1n) is 8.66. The predicted octanol–water partition coefficient (Wildman–Crippen LogP) is 3.15. The lowest BCUT2D eigenvalue weighted by Gasteiger charge is -2.35. The van der Waals surface area contributed by atoms with Crippen LogP contribution in [-0.2, 0) is 11.2 Å². The van der Waals surface area contributed by atoms with Gasteiger partial charge in [0.05, 0.1) is 17.8 Å². The van der Waals surface area contributed by atoms with Crippen molar-refractivity contribution >= 4 is 35.0 Å². The summed E-state index contributed by atoms with van der Waals surface area (Å²) < 4.78 is 5.27. The van der Waals surface area contributed by atoms with Gasteiger partial charge in [-0.2, -0.15) is 0 Å². The number of fused-ring (bicyclic) bond motifs is 1. The molecule has 25 heavy (non-hydrogen) atoms. The Labute approximate surface area is 155 Å². The summed E-state index contributed by atoms with van der Waals surface area (Å²) in [6.07, 6.45) is 2.61. The highest BCUT2D eigenvalue weighted by molar-refractivity contribution is 6.06. The number of benzene rings is 1. The van der Waals surface area contributed by atoms with Gasteiger partial charge >= 0.3 is 5.97 Å². The normalized spacial score (nSPS) is 15.1. The number of nitrogens with zero attached hydrogens (tertiary/aromatic N) is 3. The van der Waals surface area contributed by atoms with Gasteiger partial charge in [0.2, 0.25) is 0 Å². The number of carbonyl (C=O) groups is 1. The van der Waals surface area contributed by atoms with Gasteiger partial charge in [0.15, 0.2) is 0 Å². The number of ether oxygens (including phenoxy) is 1. The summed E-state index contributed by atoms with van der Waals surface area (Å²) in [6.45, 7) is 8.10. The molecule has 1 aromatic heterocycles. The maximum atomic E-state index is 12.5. The Bertz CT molecular complexity index is 743. The van der Waals surface area contributed by atoms with Crippen molar-refractivity contribution < 1.29 is 9.53 Å². The number of piperazine rings is 1. The first-order chi connectivity index (χ1) is 11.7. The standard InChI is InChI=1S/C19H25N3O2.ClH/c1-4-14-7-6-8-15-17(14)20-13-16(19(23)24-5-2)18(15)22-11-9-21(3)10-12-22;/h6-8,13H,4-5,9-12H2,1-3H3;1H. The molecule has 0 saturated carbocycles. The molecule has 3 rings (SSSR count). The number of pyridine rings is 1. The molecule has 1 fully saturated rings. The van der Waals surface area contributed by atoms with Crippen LogP contribution >= 0.6 is 12.4 Å². The van der Waals surface area contributed by atoms with Crippen LogP contribution in [0.4, 0.5) is 5.69 Å². The van der Waals surface area contributed by atoms with E-state index in [1.54, 1.807) is 6.20 Å². The van der Waals surface area contributed by atoms with Crippen molar-refractivity contribution in [1.82, 2.24) is 9.88 Å². The Balaban J connectivity index is 0.00000225. The molecule has 2 aromatic rings. The zero-order valence-corrected chi connectivity index (χ0v) is 15.9. The van der Waals surface area contributed by atoms with Crippen LogP contribution in [0.5, 0.6) is 0 Å². The Morgan fingerprint density at radius 1 is 1.20 bits per heavy atom. The van der Waals surface area contributed by atoms with Crippen molar-refractivity contribution in [2.45, 2.75) is 20.3 Å². The molecule has 1 aromatic carbocycles. The van der Waals surface area contributed by atoms with Gasteiger partial charge in [-0.05, 0) is 26.0 Å². The van der Waals surface area contributed by atoms with Gasteiger partial charge in [-0.1, -0.05) is 25.1 Å². The predicted molar refractivity (Wildman–Crippen MR) is 104 cm³/mol. The zero-order valence-electron chi connectivity index (χ0n) is 15.1. The van der Waals surface area contributed by atoms with E-state index in [0.29, 0.717) is 12.2 Å². The third-order valence-corrected chi connectivity index (χ3v) is 4.65. The molecule has 0 unspecified atom stereocenters. The molecule has 0 N–H and O–H groups in total. The molecule has 5 nitrogen and oxygen atoms in total. The largest absolute Gasteiger partial charge is 0.462 e. The number of hydrogen-bond donors (Lipinski definition) is 0. The van der Waals surface area contributed by atoms with Gasteiger partial charge in [-0.3, -0.25) is 4.98 Å². The molecule has 0 spiro atoms. The highest BCUT2D eigenvalue weighted by Gasteiger charge is 2.24. The smallest absolute Gasteiger partial charge is 0.341 e. The number of para-hydroxylation sites is 1. The summed E-state index contributed by atoms with van der Waals surface area (Å²) in [5.74, 6) is -0.289. The van der Waals surface area contributed by atoms with Gasteiger partial charge in [-0.25, -0.2) is 4.79 Å². The topological polar surface area (TPSA) is 45.7 Å². The lowest BCUT2D eigenvalue weighted by molar-refractivity contribution is 0.0526. The van der Waals surface area contributed by atoms with E-state index < -0.39 is 0 Å². The molecule has 0 radical (unpaired) electrons. The lowest BCUT2D eigenvalue weighted by Crippen LogP contribution is -2.45. The fraction of sp³-hybridized carbons (Fsp3) is 0.474. The van der Waals surface area contributed by atoms with Crippen molar-refractivity contribution in [1.29, 1.82) is 0 Å². The first kappa shape index (κ1) is 19.5. The minimum Gasteiger partial charge on any atom is -0.462 e. The van der Waals surface area contributed by atoms with E-state index >= 15 is 0 Å². The van der Waals surface area contributed by atoms with Crippen molar-refractivity contribution in [3.63, 3.8) is 0 Å². The molecule has 0 atom stereocenters. The average Bonchev–Trinajstić information content (AvgIpc) is 2.61. The van der Waals surface area contributed by atoms with Gasteiger partial charge in [0.25, 0.3) is 0 Å². The minimum atomic E-state index is -0.289. The number of carbonyl (C=O) groups excluding carboxylic acids is 1. The number of aryl methyl sites for hydroxylation is 1. The number of halogens is 1. The number of hydrogen-bond acceptors (Lipinski definition) is 5. The number of esters is 1. The lowest BCUT2D eigenvalue weighted by atomic mass is 10.0. The van der Waals surface area contributed by atoms with Crippen molar-refractivity contribution in [3.8, 4) is 0 Å². The molecule has 1 saturated heterocycles. The Hall–Kier alpha value is -1.85. The van der Waals surface area contributed by atoms with Gasteiger partial charge in [0, 0.05) is 37.8 Å². The highest BCUT2D eigenvalue weighted by Crippen LogP contribution is 2.32. The van der Waals surface area contributed by atoms with Crippen LogP contribution in [0.1, 0.15) is 29.8 Å². The quantitative estimate of drug-likeness (QED) is 0.781. The minimum absolute atomic E-state index is 0. The fourth-order valence-electron chi connectivity index (χ4n) is 3.28. The molecule has 0 bridgehead atoms. The molecule has 0 aliphatic carbocycles. The third kappa shape index (κ3) is 3.88. The highest BCUT2D eigenvalue weighted by atomic mass is 35.5. The Kier molecular flexibility index (Phi) is 6.62. The second-order valence-electron chi connectivity index (χ2n) is 6.20. The molecular weight excluding hydrogens is 338 g/mol. The Morgan fingerprint density at radius 3 is 2.56 bits per heavy atom. The van der Waals surface area contributed by atoms with E-state index in [1.165, 1.54) is 5.56 Å². The summed E-state index contributed by atoms with van der Waals surface area (Å²) in [6, 6.07) is 6.22. The third-order valence-electron chi connectivity index (χ3n) is 4.65. The Morgan fingerprint density at radius 2 is 1.92 bits per heavy atom. The van der Waals surface area contributed by atoms with Crippen LogP contribution in [0.25, 0.3) is 10.9 Å². The molecule has 6 heteroatoms. The van der Waals surface area contributed by atoms with E-state index in [2.05, 4.69) is 47.0 Å². The maximum absolute atomic E-state index is 12.5. The van der Waals surface area contributed by atoms with Gasteiger partial charge in [0.1, 0.15) is 5.56 Å². The molecular formula is C19H26ClN3O2. The first-order valence-corrected chi connectivity index (χ1v) is 8.66. The fourth-order valence-corrected chi connectivity index (χ4v) is 3.28. The van der Waals surface area contributed by atoms with E-state index in [4.69, 9.17) is 4.74 Å². The molecule has 0 amide bonds. The maximum Gasteiger partial charge on any atom is 0.341 e. The van der Waals surface area contributed by atoms with E-state index in [-0.39, 0.29) is 18.4 Å². The second-order valence-corrected chi connectivity index (χ2v) is 6.20. The summed E-state index contributed by atoms with van der Waals surface area (Å²) in [5, 5.41) is 1.05. The number of likely N-dealkylation sites (N-methyl/N-ethyl adjacent to an activating group) is 1. The molecule has 2 heterocycles. The van der Waals surface area contributed by atoms with E-state index in [1.807, 2.05) is 6.92 Å². The van der Waals surface area contributed by atoms with Crippen LogP contribution < -0.4 is 4.90 Å². The van der Waals surface area contributed by atoms with E-state index in [0.717, 1.165) is 49.2 Å². The van der Waals surface area contributed by atoms with Gasteiger partial charge in [-0.15, -0.1) is 12.4 Å².